The molecule has 0 heterocycles. The first kappa shape index (κ1) is 20.7. The third-order valence-corrected chi connectivity index (χ3v) is 5.03. The van der Waals surface area contributed by atoms with E-state index in [2.05, 4.69) is 5.32 Å². The zero-order chi connectivity index (χ0) is 20.8. The molecule has 0 saturated carbocycles. The van der Waals surface area contributed by atoms with Crippen LogP contribution in [0, 0.1) is 0 Å². The van der Waals surface area contributed by atoms with E-state index in [-0.39, 0.29) is 25.0 Å². The van der Waals surface area contributed by atoms with Crippen LogP contribution in [0.3, 0.4) is 0 Å². The lowest BCUT2D eigenvalue weighted by Gasteiger charge is -2.28. The van der Waals surface area contributed by atoms with Gasteiger partial charge in [0.15, 0.2) is 6.61 Å². The minimum absolute atomic E-state index is 0.164. The Balaban J connectivity index is 1.78. The number of carbonyl (C=O) groups excluding carboxylic acids is 2. The Morgan fingerprint density at radius 2 is 1.72 bits per heavy atom. The molecule has 0 saturated heterocycles. The molecule has 0 spiro atoms. The van der Waals surface area contributed by atoms with Gasteiger partial charge in [0, 0.05) is 24.0 Å². The van der Waals surface area contributed by atoms with Crippen LogP contribution < -0.4 is 10.1 Å². The van der Waals surface area contributed by atoms with Crippen molar-refractivity contribution in [3.63, 3.8) is 0 Å². The zero-order valence-electron chi connectivity index (χ0n) is 16.4. The maximum Gasteiger partial charge on any atom is 0.261 e. The predicted molar refractivity (Wildman–Crippen MR) is 115 cm³/mol. The first-order valence-corrected chi connectivity index (χ1v) is 9.73. The SMILES string of the molecule is CNC(=O)C(C)N(Cc1ccc(Cl)cc1)C(=O)COc1cccc2ccccc12. The van der Waals surface area contributed by atoms with Crippen molar-refractivity contribution in [2.24, 2.45) is 0 Å². The van der Waals surface area contributed by atoms with Crippen LogP contribution in [0.1, 0.15) is 12.5 Å². The summed E-state index contributed by atoms with van der Waals surface area (Å²) in [4.78, 5) is 26.7. The number of nitrogens with one attached hydrogen (secondary N) is 1. The minimum Gasteiger partial charge on any atom is -0.483 e. The molecule has 0 aliphatic heterocycles. The van der Waals surface area contributed by atoms with Crippen molar-refractivity contribution in [1.82, 2.24) is 10.2 Å². The Morgan fingerprint density at radius 3 is 2.45 bits per heavy atom. The van der Waals surface area contributed by atoms with E-state index in [1.807, 2.05) is 54.6 Å². The van der Waals surface area contributed by atoms with Gasteiger partial charge in [0.2, 0.25) is 5.91 Å². The maximum atomic E-state index is 13.0. The van der Waals surface area contributed by atoms with Crippen LogP contribution in [0.25, 0.3) is 10.8 Å². The lowest BCUT2D eigenvalue weighted by atomic mass is 10.1. The molecule has 0 bridgehead atoms. The van der Waals surface area contributed by atoms with Crippen LogP contribution in [0.4, 0.5) is 0 Å². The first-order chi connectivity index (χ1) is 14.0. The predicted octanol–water partition coefficient (Wildman–Crippen LogP) is 4.04. The number of carbonyl (C=O) groups is 2. The monoisotopic (exact) mass is 410 g/mol. The van der Waals surface area contributed by atoms with Crippen molar-refractivity contribution in [1.29, 1.82) is 0 Å². The Labute approximate surface area is 175 Å². The average Bonchev–Trinajstić information content (AvgIpc) is 2.76. The third kappa shape index (κ3) is 5.06. The molecule has 1 unspecified atom stereocenters. The average molecular weight is 411 g/mol. The van der Waals surface area contributed by atoms with Gasteiger partial charge in [0.05, 0.1) is 0 Å². The Kier molecular flexibility index (Phi) is 6.73. The molecule has 2 amide bonds. The van der Waals surface area contributed by atoms with Gasteiger partial charge in [-0.25, -0.2) is 0 Å². The Bertz CT molecular complexity index is 999. The standard InChI is InChI=1S/C23H23ClN2O3/c1-16(23(28)25-2)26(14-17-10-12-19(24)13-11-17)22(27)15-29-21-9-5-7-18-6-3-4-8-20(18)21/h3-13,16H,14-15H2,1-2H3,(H,25,28). The molecule has 6 heteroatoms. The van der Waals surface area contributed by atoms with Gasteiger partial charge in [-0.1, -0.05) is 60.1 Å². The quantitative estimate of drug-likeness (QED) is 0.639. The number of amides is 2. The number of fused-ring (bicyclic) bond motifs is 1. The molecule has 3 rings (SSSR count). The number of hydrogen-bond acceptors (Lipinski definition) is 3. The molecule has 0 radical (unpaired) electrons. The van der Waals surface area contributed by atoms with Crippen molar-refractivity contribution < 1.29 is 14.3 Å². The van der Waals surface area contributed by atoms with Crippen LogP contribution in [-0.4, -0.2) is 36.4 Å². The summed E-state index contributed by atoms with van der Waals surface area (Å²) < 4.78 is 5.84. The molecular weight excluding hydrogens is 388 g/mol. The van der Waals surface area contributed by atoms with Gasteiger partial charge in [-0.15, -0.1) is 0 Å². The van der Waals surface area contributed by atoms with Crippen molar-refractivity contribution in [3.05, 3.63) is 77.3 Å². The summed E-state index contributed by atoms with van der Waals surface area (Å²) in [7, 11) is 1.55. The van der Waals surface area contributed by atoms with E-state index in [0.29, 0.717) is 10.8 Å². The van der Waals surface area contributed by atoms with E-state index in [1.54, 1.807) is 26.1 Å². The topological polar surface area (TPSA) is 58.6 Å². The molecule has 0 aliphatic rings. The summed E-state index contributed by atoms with van der Waals surface area (Å²) in [6, 6.07) is 20.1. The zero-order valence-corrected chi connectivity index (χ0v) is 17.1. The number of ether oxygens (including phenoxy) is 1. The number of benzene rings is 3. The van der Waals surface area contributed by atoms with Crippen LogP contribution in [-0.2, 0) is 16.1 Å². The fourth-order valence-corrected chi connectivity index (χ4v) is 3.25. The number of nitrogens with zero attached hydrogens (tertiary/aromatic N) is 1. The molecule has 150 valence electrons. The lowest BCUT2D eigenvalue weighted by Crippen LogP contribution is -2.48. The largest absolute Gasteiger partial charge is 0.483 e. The third-order valence-electron chi connectivity index (χ3n) is 4.78. The highest BCUT2D eigenvalue weighted by Crippen LogP contribution is 2.25. The highest BCUT2D eigenvalue weighted by molar-refractivity contribution is 6.30. The van der Waals surface area contributed by atoms with Crippen molar-refractivity contribution >= 4 is 34.2 Å². The first-order valence-electron chi connectivity index (χ1n) is 9.35. The highest BCUT2D eigenvalue weighted by atomic mass is 35.5. The van der Waals surface area contributed by atoms with E-state index >= 15 is 0 Å². The smallest absolute Gasteiger partial charge is 0.261 e. The van der Waals surface area contributed by atoms with Crippen molar-refractivity contribution in [3.8, 4) is 5.75 Å². The molecule has 29 heavy (non-hydrogen) atoms. The summed E-state index contributed by atoms with van der Waals surface area (Å²) in [5.41, 5.74) is 0.878. The second-order valence-corrected chi connectivity index (χ2v) is 7.14. The molecule has 0 aliphatic carbocycles. The second-order valence-electron chi connectivity index (χ2n) is 6.70. The molecule has 1 N–H and O–H groups in total. The molecule has 3 aromatic carbocycles. The molecule has 1 atom stereocenters. The van der Waals surface area contributed by atoms with Gasteiger partial charge < -0.3 is 15.0 Å². The fourth-order valence-electron chi connectivity index (χ4n) is 3.12. The van der Waals surface area contributed by atoms with Crippen molar-refractivity contribution in [2.45, 2.75) is 19.5 Å². The van der Waals surface area contributed by atoms with Gasteiger partial charge in [0.25, 0.3) is 5.91 Å². The Hall–Kier alpha value is -3.05. The van der Waals surface area contributed by atoms with Gasteiger partial charge >= 0.3 is 0 Å². The normalized spacial score (nSPS) is 11.7. The van der Waals surface area contributed by atoms with E-state index < -0.39 is 6.04 Å². The number of likely N-dealkylation sites (N-methyl/N-ethyl adjacent to an activating group) is 1. The Morgan fingerprint density at radius 1 is 1.03 bits per heavy atom. The molecule has 0 aromatic heterocycles. The second kappa shape index (κ2) is 9.43. The van der Waals surface area contributed by atoms with E-state index in [0.717, 1.165) is 16.3 Å². The summed E-state index contributed by atoms with van der Waals surface area (Å²) in [5, 5.41) is 5.19. The summed E-state index contributed by atoms with van der Waals surface area (Å²) in [6.45, 7) is 1.82. The fraction of sp³-hybridized carbons (Fsp3) is 0.217. The van der Waals surface area contributed by atoms with Crippen LogP contribution in [0.2, 0.25) is 5.02 Å². The van der Waals surface area contributed by atoms with Gasteiger partial charge in [0.1, 0.15) is 11.8 Å². The summed E-state index contributed by atoms with van der Waals surface area (Å²) >= 11 is 5.95. The van der Waals surface area contributed by atoms with Gasteiger partial charge in [-0.3, -0.25) is 9.59 Å². The summed E-state index contributed by atoms with van der Waals surface area (Å²) in [5.74, 6) is 0.122. The van der Waals surface area contributed by atoms with Crippen LogP contribution in [0.15, 0.2) is 66.7 Å². The van der Waals surface area contributed by atoms with Crippen LogP contribution in [0.5, 0.6) is 5.75 Å². The molecule has 0 fully saturated rings. The van der Waals surface area contributed by atoms with Crippen LogP contribution >= 0.6 is 11.6 Å². The highest BCUT2D eigenvalue weighted by Gasteiger charge is 2.26. The lowest BCUT2D eigenvalue weighted by molar-refractivity contribution is -0.142. The van der Waals surface area contributed by atoms with Gasteiger partial charge in [-0.2, -0.15) is 0 Å². The number of rotatable bonds is 7. The molecule has 5 nitrogen and oxygen atoms in total. The van der Waals surface area contributed by atoms with Crippen molar-refractivity contribution in [2.75, 3.05) is 13.7 Å². The van der Waals surface area contributed by atoms with E-state index in [1.165, 1.54) is 4.90 Å². The van der Waals surface area contributed by atoms with E-state index in [9.17, 15) is 9.59 Å². The summed E-state index contributed by atoms with van der Waals surface area (Å²) in [6.07, 6.45) is 0. The maximum absolute atomic E-state index is 13.0. The van der Waals surface area contributed by atoms with Gasteiger partial charge in [-0.05, 0) is 36.1 Å². The van der Waals surface area contributed by atoms with E-state index in [4.69, 9.17) is 16.3 Å². The molecule has 3 aromatic rings. The molecular formula is C23H23ClN2O3. The number of hydrogen-bond donors (Lipinski definition) is 1. The number of halogens is 1. The minimum atomic E-state index is -0.640.